The summed E-state index contributed by atoms with van der Waals surface area (Å²) in [4.78, 5) is 4.56. The predicted molar refractivity (Wildman–Crippen MR) is 80.9 cm³/mol. The molecule has 6 heteroatoms. The Kier molecular flexibility index (Phi) is 5.27. The van der Waals surface area contributed by atoms with Crippen molar-refractivity contribution in [2.45, 2.75) is 33.9 Å². The molecule has 0 aliphatic carbocycles. The summed E-state index contributed by atoms with van der Waals surface area (Å²) in [5.74, 6) is 1.40. The van der Waals surface area contributed by atoms with E-state index in [0.29, 0.717) is 19.1 Å². The van der Waals surface area contributed by atoms with Gasteiger partial charge < -0.3 is 10.1 Å². The molecule has 0 bridgehead atoms. The Labute approximate surface area is 125 Å². The molecule has 2 rings (SSSR count). The van der Waals surface area contributed by atoms with E-state index in [2.05, 4.69) is 34.5 Å². The average Bonchev–Trinajstić information content (AvgIpc) is 2.83. The summed E-state index contributed by atoms with van der Waals surface area (Å²) in [6.45, 7) is 8.41. The molecule has 6 nitrogen and oxygen atoms in total. The Hall–Kier alpha value is -1.95. The van der Waals surface area contributed by atoms with Crippen molar-refractivity contribution < 1.29 is 4.74 Å². The van der Waals surface area contributed by atoms with E-state index >= 15 is 0 Å². The third-order valence-corrected chi connectivity index (χ3v) is 2.94. The second kappa shape index (κ2) is 7.17. The van der Waals surface area contributed by atoms with Gasteiger partial charge in [-0.15, -0.1) is 5.10 Å². The molecule has 0 atom stereocenters. The van der Waals surface area contributed by atoms with Crippen LogP contribution in [0.3, 0.4) is 0 Å². The Morgan fingerprint density at radius 3 is 2.81 bits per heavy atom. The van der Waals surface area contributed by atoms with Crippen molar-refractivity contribution in [3.8, 4) is 5.75 Å². The molecule has 0 amide bonds. The summed E-state index contributed by atoms with van der Waals surface area (Å²) in [6, 6.07) is 3.92. The van der Waals surface area contributed by atoms with Gasteiger partial charge in [-0.2, -0.15) is 0 Å². The van der Waals surface area contributed by atoms with Gasteiger partial charge in [0.2, 0.25) is 0 Å². The van der Waals surface area contributed by atoms with Gasteiger partial charge in [0, 0.05) is 19.3 Å². The zero-order valence-corrected chi connectivity index (χ0v) is 13.1. The van der Waals surface area contributed by atoms with Gasteiger partial charge in [0.05, 0.1) is 11.9 Å². The number of hydrogen-bond donors (Lipinski definition) is 1. The first-order chi connectivity index (χ1) is 10.0. The Balaban J connectivity index is 2.00. The minimum atomic E-state index is 0.399. The highest BCUT2D eigenvalue weighted by Gasteiger charge is 2.08. The van der Waals surface area contributed by atoms with Gasteiger partial charge in [-0.3, -0.25) is 9.67 Å². The first-order valence-corrected chi connectivity index (χ1v) is 7.20. The largest absolute Gasteiger partial charge is 0.485 e. The van der Waals surface area contributed by atoms with Crippen LogP contribution in [0.1, 0.15) is 30.9 Å². The molecule has 1 N–H and O–H groups in total. The zero-order chi connectivity index (χ0) is 15.2. The van der Waals surface area contributed by atoms with Crippen molar-refractivity contribution in [3.05, 3.63) is 35.4 Å². The fraction of sp³-hybridized carbons (Fsp3) is 0.533. The lowest BCUT2D eigenvalue weighted by Crippen LogP contribution is -2.20. The standard InChI is InChI=1S/C15H23N5O/c1-11(2)7-16-8-14-15(6-5-12(3)17-14)21-10-13-9-20(4)19-18-13/h5-6,9,11,16H,7-8,10H2,1-4H3. The summed E-state index contributed by atoms with van der Waals surface area (Å²) in [5.41, 5.74) is 2.72. The number of aryl methyl sites for hydroxylation is 2. The molecule has 0 saturated carbocycles. The molecule has 0 spiro atoms. The molecule has 0 aromatic carbocycles. The summed E-state index contributed by atoms with van der Waals surface area (Å²) < 4.78 is 7.49. The number of pyridine rings is 1. The number of nitrogens with zero attached hydrogens (tertiary/aromatic N) is 4. The van der Waals surface area contributed by atoms with Crippen LogP contribution in [0.5, 0.6) is 5.75 Å². The molecule has 2 heterocycles. The fourth-order valence-electron chi connectivity index (χ4n) is 1.95. The molecule has 114 valence electrons. The van der Waals surface area contributed by atoms with Gasteiger partial charge in [0.25, 0.3) is 0 Å². The predicted octanol–water partition coefficient (Wildman–Crippen LogP) is 1.84. The van der Waals surface area contributed by atoms with Gasteiger partial charge >= 0.3 is 0 Å². The molecule has 2 aromatic heterocycles. The van der Waals surface area contributed by atoms with E-state index in [1.165, 1.54) is 0 Å². The Morgan fingerprint density at radius 1 is 1.33 bits per heavy atom. The summed E-state index contributed by atoms with van der Waals surface area (Å²) >= 11 is 0. The Morgan fingerprint density at radius 2 is 2.14 bits per heavy atom. The Bertz CT molecular complexity index is 579. The fourth-order valence-corrected chi connectivity index (χ4v) is 1.95. The van der Waals surface area contributed by atoms with E-state index in [1.54, 1.807) is 4.68 Å². The van der Waals surface area contributed by atoms with Gasteiger partial charge in [0.15, 0.2) is 0 Å². The van der Waals surface area contributed by atoms with E-state index in [9.17, 15) is 0 Å². The maximum atomic E-state index is 5.83. The van der Waals surface area contributed by atoms with Crippen LogP contribution in [0, 0.1) is 12.8 Å². The molecular formula is C15H23N5O. The molecular weight excluding hydrogens is 266 g/mol. The van der Waals surface area contributed by atoms with Crippen LogP contribution in [0.2, 0.25) is 0 Å². The van der Waals surface area contributed by atoms with Crippen LogP contribution in [-0.2, 0) is 20.2 Å². The van der Waals surface area contributed by atoms with E-state index in [1.807, 2.05) is 32.3 Å². The highest BCUT2D eigenvalue weighted by molar-refractivity contribution is 5.29. The lowest BCUT2D eigenvalue weighted by Gasteiger charge is -2.12. The zero-order valence-electron chi connectivity index (χ0n) is 13.1. The topological polar surface area (TPSA) is 64.9 Å². The number of nitrogens with one attached hydrogen (secondary N) is 1. The number of hydrogen-bond acceptors (Lipinski definition) is 5. The van der Waals surface area contributed by atoms with Crippen molar-refractivity contribution in [1.29, 1.82) is 0 Å². The first-order valence-electron chi connectivity index (χ1n) is 7.20. The lowest BCUT2D eigenvalue weighted by molar-refractivity contribution is 0.295. The van der Waals surface area contributed by atoms with Crippen molar-refractivity contribution in [2.24, 2.45) is 13.0 Å². The normalized spacial score (nSPS) is 11.1. The minimum absolute atomic E-state index is 0.399. The number of rotatable bonds is 7. The molecule has 2 aromatic rings. The minimum Gasteiger partial charge on any atom is -0.485 e. The third kappa shape index (κ3) is 4.82. The van der Waals surface area contributed by atoms with E-state index in [-0.39, 0.29) is 0 Å². The number of aromatic nitrogens is 4. The van der Waals surface area contributed by atoms with Crippen molar-refractivity contribution in [1.82, 2.24) is 25.3 Å². The average molecular weight is 289 g/mol. The maximum Gasteiger partial charge on any atom is 0.142 e. The second-order valence-electron chi connectivity index (χ2n) is 5.59. The van der Waals surface area contributed by atoms with E-state index in [0.717, 1.165) is 29.4 Å². The molecule has 0 aliphatic heterocycles. The van der Waals surface area contributed by atoms with Gasteiger partial charge in [-0.25, -0.2) is 0 Å². The van der Waals surface area contributed by atoms with Gasteiger partial charge in [-0.1, -0.05) is 19.1 Å². The van der Waals surface area contributed by atoms with E-state index < -0.39 is 0 Å². The van der Waals surface area contributed by atoms with Crippen LogP contribution < -0.4 is 10.1 Å². The summed E-state index contributed by atoms with van der Waals surface area (Å²) in [6.07, 6.45) is 1.85. The smallest absolute Gasteiger partial charge is 0.142 e. The highest BCUT2D eigenvalue weighted by Crippen LogP contribution is 2.18. The molecule has 21 heavy (non-hydrogen) atoms. The van der Waals surface area contributed by atoms with Gasteiger partial charge in [0.1, 0.15) is 18.1 Å². The first kappa shape index (κ1) is 15.4. The molecule has 0 aliphatic rings. The number of ether oxygens (including phenoxy) is 1. The van der Waals surface area contributed by atoms with Crippen LogP contribution in [-0.4, -0.2) is 26.5 Å². The molecule has 0 saturated heterocycles. The van der Waals surface area contributed by atoms with Crippen LogP contribution in [0.15, 0.2) is 18.3 Å². The van der Waals surface area contributed by atoms with Crippen LogP contribution in [0.25, 0.3) is 0 Å². The maximum absolute atomic E-state index is 5.83. The van der Waals surface area contributed by atoms with Crippen LogP contribution >= 0.6 is 0 Å². The van der Waals surface area contributed by atoms with Crippen LogP contribution in [0.4, 0.5) is 0 Å². The highest BCUT2D eigenvalue weighted by atomic mass is 16.5. The van der Waals surface area contributed by atoms with E-state index in [4.69, 9.17) is 4.74 Å². The monoisotopic (exact) mass is 289 g/mol. The molecule has 0 unspecified atom stereocenters. The van der Waals surface area contributed by atoms with Crippen molar-refractivity contribution in [3.63, 3.8) is 0 Å². The summed E-state index contributed by atoms with van der Waals surface area (Å²) in [7, 11) is 1.84. The quantitative estimate of drug-likeness (QED) is 0.842. The lowest BCUT2D eigenvalue weighted by atomic mass is 10.2. The third-order valence-electron chi connectivity index (χ3n) is 2.94. The van der Waals surface area contributed by atoms with Crippen molar-refractivity contribution >= 4 is 0 Å². The van der Waals surface area contributed by atoms with Gasteiger partial charge in [-0.05, 0) is 31.5 Å². The molecule has 0 fully saturated rings. The molecule has 0 radical (unpaired) electrons. The van der Waals surface area contributed by atoms with Crippen molar-refractivity contribution in [2.75, 3.05) is 6.54 Å². The summed E-state index contributed by atoms with van der Waals surface area (Å²) in [5, 5.41) is 11.3. The second-order valence-corrected chi connectivity index (χ2v) is 5.59. The SMILES string of the molecule is Cc1ccc(OCc2cn(C)nn2)c(CNCC(C)C)n1.